The molecule has 1 saturated heterocycles. The van der Waals surface area contributed by atoms with E-state index in [1.165, 1.54) is 12.1 Å². The highest BCUT2D eigenvalue weighted by Gasteiger charge is 2.22. The smallest absolute Gasteiger partial charge is 0.147 e. The van der Waals surface area contributed by atoms with E-state index >= 15 is 0 Å². The van der Waals surface area contributed by atoms with Crippen molar-refractivity contribution in [1.29, 1.82) is 0 Å². The molecule has 1 aliphatic rings. The molecule has 0 bridgehead atoms. The summed E-state index contributed by atoms with van der Waals surface area (Å²) < 4.78 is 21.0. The Morgan fingerprint density at radius 3 is 2.57 bits per heavy atom. The molecule has 23 heavy (non-hydrogen) atoms. The number of likely N-dealkylation sites (tertiary alicyclic amines) is 1. The molecule has 0 radical (unpaired) electrons. The number of benzene rings is 1. The molecule has 0 saturated carbocycles. The first-order valence-electron chi connectivity index (χ1n) is 8.15. The Bertz CT molecular complexity index is 618. The van der Waals surface area contributed by atoms with Gasteiger partial charge in [0, 0.05) is 19.1 Å². The lowest BCUT2D eigenvalue weighted by Gasteiger charge is -2.32. The van der Waals surface area contributed by atoms with Gasteiger partial charge in [-0.05, 0) is 51.0 Å². The molecule has 6 heteroatoms. The molecular formula is C17H23FN4O. The first-order chi connectivity index (χ1) is 11.1. The Labute approximate surface area is 136 Å². The fraction of sp³-hybridized carbons (Fsp3) is 0.529. The van der Waals surface area contributed by atoms with E-state index in [2.05, 4.69) is 33.5 Å². The number of nitrogens with zero attached hydrogens (tertiary/aromatic N) is 4. The van der Waals surface area contributed by atoms with Gasteiger partial charge in [-0.15, -0.1) is 10.2 Å². The van der Waals surface area contributed by atoms with E-state index in [1.807, 2.05) is 0 Å². The van der Waals surface area contributed by atoms with E-state index in [1.54, 1.807) is 18.5 Å². The van der Waals surface area contributed by atoms with Crippen LogP contribution in [0, 0.1) is 5.82 Å². The predicted octanol–water partition coefficient (Wildman–Crippen LogP) is 3.04. The van der Waals surface area contributed by atoms with Gasteiger partial charge >= 0.3 is 0 Å². The molecule has 0 aliphatic carbocycles. The van der Waals surface area contributed by atoms with Crippen molar-refractivity contribution < 1.29 is 9.13 Å². The lowest BCUT2D eigenvalue weighted by atomic mass is 10.1. The normalized spacial score (nSPS) is 16.9. The Morgan fingerprint density at radius 1 is 1.22 bits per heavy atom. The van der Waals surface area contributed by atoms with Crippen LogP contribution >= 0.6 is 0 Å². The first kappa shape index (κ1) is 15.9. The predicted molar refractivity (Wildman–Crippen MR) is 85.7 cm³/mol. The molecular weight excluding hydrogens is 295 g/mol. The van der Waals surface area contributed by atoms with Gasteiger partial charge in [0.1, 0.15) is 29.8 Å². The maximum Gasteiger partial charge on any atom is 0.147 e. The third-order valence-electron chi connectivity index (χ3n) is 4.22. The molecule has 1 aromatic carbocycles. The molecule has 5 nitrogen and oxygen atoms in total. The summed E-state index contributed by atoms with van der Waals surface area (Å²) in [4.78, 5) is 2.38. The van der Waals surface area contributed by atoms with Crippen LogP contribution in [0.1, 0.15) is 38.6 Å². The van der Waals surface area contributed by atoms with Crippen molar-refractivity contribution >= 4 is 0 Å². The van der Waals surface area contributed by atoms with Crippen molar-refractivity contribution in [3.05, 3.63) is 42.2 Å². The van der Waals surface area contributed by atoms with Crippen molar-refractivity contribution in [3.63, 3.8) is 0 Å². The molecule has 1 aliphatic heterocycles. The zero-order chi connectivity index (χ0) is 16.2. The van der Waals surface area contributed by atoms with Gasteiger partial charge in [-0.3, -0.25) is 4.90 Å². The topological polar surface area (TPSA) is 43.2 Å². The minimum atomic E-state index is -0.235. The summed E-state index contributed by atoms with van der Waals surface area (Å²) in [7, 11) is 0. The summed E-state index contributed by atoms with van der Waals surface area (Å²) in [5.74, 6) is 1.52. The summed E-state index contributed by atoms with van der Waals surface area (Å²) in [5, 5.41) is 8.25. The van der Waals surface area contributed by atoms with E-state index in [9.17, 15) is 4.39 Å². The number of rotatable bonds is 5. The number of ether oxygens (including phenoxy) is 1. The summed E-state index contributed by atoms with van der Waals surface area (Å²) >= 11 is 0. The molecule has 0 amide bonds. The Balaban J connectivity index is 1.50. The van der Waals surface area contributed by atoms with Gasteiger partial charge in [-0.25, -0.2) is 4.39 Å². The van der Waals surface area contributed by atoms with Gasteiger partial charge in [0.15, 0.2) is 0 Å². The van der Waals surface area contributed by atoms with Crippen molar-refractivity contribution in [2.45, 2.75) is 45.4 Å². The highest BCUT2D eigenvalue weighted by Crippen LogP contribution is 2.20. The van der Waals surface area contributed by atoms with E-state index in [4.69, 9.17) is 4.74 Å². The minimum absolute atomic E-state index is 0.194. The van der Waals surface area contributed by atoms with Gasteiger partial charge in [0.2, 0.25) is 0 Å². The van der Waals surface area contributed by atoms with E-state index < -0.39 is 0 Å². The van der Waals surface area contributed by atoms with Crippen LogP contribution in [0.25, 0.3) is 0 Å². The number of piperidine rings is 1. The second kappa shape index (κ2) is 7.08. The Hall–Kier alpha value is -1.95. The zero-order valence-corrected chi connectivity index (χ0v) is 13.7. The highest BCUT2D eigenvalue weighted by atomic mass is 19.1. The number of aromatic nitrogens is 3. The van der Waals surface area contributed by atoms with Crippen molar-refractivity contribution in [1.82, 2.24) is 19.7 Å². The average molecular weight is 318 g/mol. The Kier molecular flexibility index (Phi) is 4.91. The van der Waals surface area contributed by atoms with Crippen LogP contribution < -0.4 is 4.74 Å². The fourth-order valence-corrected chi connectivity index (χ4v) is 2.90. The van der Waals surface area contributed by atoms with Gasteiger partial charge in [-0.2, -0.15) is 0 Å². The second-order valence-electron chi connectivity index (χ2n) is 6.30. The second-order valence-corrected chi connectivity index (χ2v) is 6.30. The monoisotopic (exact) mass is 318 g/mol. The van der Waals surface area contributed by atoms with E-state index in [0.29, 0.717) is 6.04 Å². The van der Waals surface area contributed by atoms with Crippen LogP contribution in [-0.4, -0.2) is 38.9 Å². The zero-order valence-electron chi connectivity index (χ0n) is 13.7. The van der Waals surface area contributed by atoms with E-state index in [-0.39, 0.29) is 11.9 Å². The molecule has 0 atom stereocenters. The molecule has 124 valence electrons. The van der Waals surface area contributed by atoms with Gasteiger partial charge in [-0.1, -0.05) is 0 Å². The largest absolute Gasteiger partial charge is 0.490 e. The summed E-state index contributed by atoms with van der Waals surface area (Å²) in [5.41, 5.74) is 0. The van der Waals surface area contributed by atoms with Gasteiger partial charge in [0.05, 0.1) is 6.54 Å². The standard InChI is InChI=1S/C17H23FN4O/c1-13(2)22-12-19-20-17(22)11-21-9-7-16(8-10-21)23-15-5-3-14(18)4-6-15/h3-6,12-13,16H,7-11H2,1-2H3. The van der Waals surface area contributed by atoms with Crippen LogP contribution in [-0.2, 0) is 6.54 Å². The maximum atomic E-state index is 12.9. The quantitative estimate of drug-likeness (QED) is 0.850. The van der Waals surface area contributed by atoms with E-state index in [0.717, 1.165) is 44.0 Å². The lowest BCUT2D eigenvalue weighted by molar-refractivity contribution is 0.0944. The van der Waals surface area contributed by atoms with Crippen molar-refractivity contribution in [2.75, 3.05) is 13.1 Å². The van der Waals surface area contributed by atoms with Gasteiger partial charge < -0.3 is 9.30 Å². The molecule has 0 N–H and O–H groups in total. The number of hydrogen-bond acceptors (Lipinski definition) is 4. The van der Waals surface area contributed by atoms with Crippen LogP contribution in [0.2, 0.25) is 0 Å². The SMILES string of the molecule is CC(C)n1cnnc1CN1CCC(Oc2ccc(F)cc2)CC1. The highest BCUT2D eigenvalue weighted by molar-refractivity contribution is 5.22. The van der Waals surface area contributed by atoms with Crippen LogP contribution in [0.5, 0.6) is 5.75 Å². The molecule has 2 aromatic rings. The lowest BCUT2D eigenvalue weighted by Crippen LogP contribution is -2.38. The molecule has 0 unspecified atom stereocenters. The first-order valence-corrected chi connectivity index (χ1v) is 8.15. The average Bonchev–Trinajstić information content (AvgIpc) is 3.00. The molecule has 3 rings (SSSR count). The maximum absolute atomic E-state index is 12.9. The van der Waals surface area contributed by atoms with Crippen molar-refractivity contribution in [2.24, 2.45) is 0 Å². The molecule has 1 aromatic heterocycles. The third kappa shape index (κ3) is 4.07. The number of halogens is 1. The molecule has 1 fully saturated rings. The summed E-state index contributed by atoms with van der Waals surface area (Å²) in [6.07, 6.45) is 3.92. The van der Waals surface area contributed by atoms with Crippen molar-refractivity contribution in [3.8, 4) is 5.75 Å². The number of hydrogen-bond donors (Lipinski definition) is 0. The Morgan fingerprint density at radius 2 is 1.91 bits per heavy atom. The summed E-state index contributed by atoms with van der Waals surface area (Å²) in [6.45, 7) is 7.03. The third-order valence-corrected chi connectivity index (χ3v) is 4.22. The van der Waals surface area contributed by atoms with Crippen LogP contribution in [0.4, 0.5) is 4.39 Å². The van der Waals surface area contributed by atoms with Gasteiger partial charge in [0.25, 0.3) is 0 Å². The minimum Gasteiger partial charge on any atom is -0.490 e. The van der Waals surface area contributed by atoms with Crippen LogP contribution in [0.15, 0.2) is 30.6 Å². The molecule has 0 spiro atoms. The molecule has 2 heterocycles. The summed E-state index contributed by atoms with van der Waals surface area (Å²) in [6, 6.07) is 6.62. The van der Waals surface area contributed by atoms with Crippen LogP contribution in [0.3, 0.4) is 0 Å². The fourth-order valence-electron chi connectivity index (χ4n) is 2.90.